The van der Waals surface area contributed by atoms with Crippen molar-refractivity contribution in [2.75, 3.05) is 7.05 Å². The number of carbonyl (C=O) groups is 1. The van der Waals surface area contributed by atoms with Crippen LogP contribution in [0.15, 0.2) is 46.6 Å². The number of aromatic amines is 1. The maximum Gasteiger partial charge on any atom is 0.268 e. The fourth-order valence-corrected chi connectivity index (χ4v) is 3.31. The smallest absolute Gasteiger partial charge is 0.268 e. The first-order valence-electron chi connectivity index (χ1n) is 8.43. The molecule has 0 fully saturated rings. The standard InChI is InChI=1S/C20H21N3O2S/c1-13(2)15-7-4-14(5-8-15)6-9-18(24)23(3)12-17-21-16-10-11-26-19(16)20(25)22-17/h4-11,13H,12H2,1-3H3,(H,21,22,25)/b9-6+. The second kappa shape index (κ2) is 7.66. The van der Waals surface area contributed by atoms with Crippen molar-refractivity contribution >= 4 is 33.5 Å². The summed E-state index contributed by atoms with van der Waals surface area (Å²) in [4.78, 5) is 33.0. The van der Waals surface area contributed by atoms with Gasteiger partial charge in [-0.1, -0.05) is 38.1 Å². The first-order chi connectivity index (χ1) is 12.4. The number of thiophene rings is 1. The second-order valence-corrected chi connectivity index (χ2v) is 7.41. The van der Waals surface area contributed by atoms with Gasteiger partial charge in [0.1, 0.15) is 10.5 Å². The predicted molar refractivity (Wildman–Crippen MR) is 106 cm³/mol. The lowest BCUT2D eigenvalue weighted by Crippen LogP contribution is -2.26. The molecule has 0 aliphatic heterocycles. The Morgan fingerprint density at radius 3 is 2.69 bits per heavy atom. The van der Waals surface area contributed by atoms with Crippen molar-refractivity contribution in [1.29, 1.82) is 0 Å². The van der Waals surface area contributed by atoms with Crippen LogP contribution in [0.25, 0.3) is 16.3 Å². The Balaban J connectivity index is 1.67. The molecule has 1 aromatic carbocycles. The maximum atomic E-state index is 12.3. The van der Waals surface area contributed by atoms with Gasteiger partial charge in [0, 0.05) is 13.1 Å². The lowest BCUT2D eigenvalue weighted by molar-refractivity contribution is -0.125. The molecule has 1 N–H and O–H groups in total. The summed E-state index contributed by atoms with van der Waals surface area (Å²) in [7, 11) is 1.69. The summed E-state index contributed by atoms with van der Waals surface area (Å²) in [5.41, 5.74) is 2.74. The number of nitrogens with zero attached hydrogens (tertiary/aromatic N) is 2. The van der Waals surface area contributed by atoms with Gasteiger partial charge in [-0.3, -0.25) is 9.59 Å². The van der Waals surface area contributed by atoms with Crippen LogP contribution < -0.4 is 5.56 Å². The summed E-state index contributed by atoms with van der Waals surface area (Å²) >= 11 is 1.36. The lowest BCUT2D eigenvalue weighted by atomic mass is 10.0. The van der Waals surface area contributed by atoms with E-state index in [1.54, 1.807) is 19.2 Å². The van der Waals surface area contributed by atoms with Gasteiger partial charge >= 0.3 is 0 Å². The Hall–Kier alpha value is -2.73. The van der Waals surface area contributed by atoms with E-state index < -0.39 is 0 Å². The third-order valence-corrected chi connectivity index (χ3v) is 5.05. The normalized spacial score (nSPS) is 11.5. The molecule has 0 saturated carbocycles. The number of H-pyrrole nitrogens is 1. The monoisotopic (exact) mass is 367 g/mol. The van der Waals surface area contributed by atoms with E-state index in [2.05, 4.69) is 35.9 Å². The topological polar surface area (TPSA) is 66.1 Å². The molecule has 0 aliphatic carbocycles. The van der Waals surface area contributed by atoms with Crippen molar-refractivity contribution in [3.05, 3.63) is 69.1 Å². The molecule has 0 saturated heterocycles. The Bertz CT molecular complexity index is 1000. The minimum Gasteiger partial charge on any atom is -0.335 e. The molecule has 26 heavy (non-hydrogen) atoms. The van der Waals surface area contributed by atoms with E-state index in [0.717, 1.165) is 5.56 Å². The van der Waals surface area contributed by atoms with Crippen LogP contribution in [0.3, 0.4) is 0 Å². The fourth-order valence-electron chi connectivity index (χ4n) is 2.59. The van der Waals surface area contributed by atoms with E-state index in [0.29, 0.717) is 22.0 Å². The van der Waals surface area contributed by atoms with Crippen molar-refractivity contribution in [2.24, 2.45) is 0 Å². The highest BCUT2D eigenvalue weighted by Crippen LogP contribution is 2.16. The molecule has 1 amide bonds. The van der Waals surface area contributed by atoms with E-state index in [9.17, 15) is 9.59 Å². The number of aromatic nitrogens is 2. The molecule has 0 spiro atoms. The van der Waals surface area contributed by atoms with Crippen LogP contribution in [-0.2, 0) is 11.3 Å². The number of fused-ring (bicyclic) bond motifs is 1. The summed E-state index contributed by atoms with van der Waals surface area (Å²) < 4.78 is 0.604. The molecule has 2 heterocycles. The average molecular weight is 367 g/mol. The summed E-state index contributed by atoms with van der Waals surface area (Å²) in [6.07, 6.45) is 3.33. The summed E-state index contributed by atoms with van der Waals surface area (Å²) in [5, 5.41) is 1.83. The zero-order valence-electron chi connectivity index (χ0n) is 15.0. The van der Waals surface area contributed by atoms with Gasteiger partial charge in [0.2, 0.25) is 5.91 Å². The van der Waals surface area contributed by atoms with Gasteiger partial charge in [-0.05, 0) is 34.6 Å². The Morgan fingerprint density at radius 2 is 2.00 bits per heavy atom. The first-order valence-corrected chi connectivity index (χ1v) is 9.31. The van der Waals surface area contributed by atoms with E-state index in [-0.39, 0.29) is 18.0 Å². The number of amides is 1. The molecule has 0 bridgehead atoms. The van der Waals surface area contributed by atoms with Gasteiger partial charge in [0.25, 0.3) is 5.56 Å². The third-order valence-electron chi connectivity index (χ3n) is 4.15. The van der Waals surface area contributed by atoms with E-state index in [4.69, 9.17) is 0 Å². The van der Waals surface area contributed by atoms with Crippen molar-refractivity contribution in [2.45, 2.75) is 26.3 Å². The second-order valence-electron chi connectivity index (χ2n) is 6.50. The summed E-state index contributed by atoms with van der Waals surface area (Å²) in [5.74, 6) is 0.813. The lowest BCUT2D eigenvalue weighted by Gasteiger charge is -2.14. The number of carbonyl (C=O) groups excluding carboxylic acids is 1. The third kappa shape index (κ3) is 4.08. The number of hydrogen-bond acceptors (Lipinski definition) is 4. The van der Waals surface area contributed by atoms with E-state index in [1.165, 1.54) is 27.9 Å². The van der Waals surface area contributed by atoms with Crippen LogP contribution in [0.5, 0.6) is 0 Å². The molecule has 5 nitrogen and oxygen atoms in total. The Kier molecular flexibility index (Phi) is 5.32. The largest absolute Gasteiger partial charge is 0.335 e. The number of likely N-dealkylation sites (N-methyl/N-ethyl adjacent to an activating group) is 1. The highest BCUT2D eigenvalue weighted by molar-refractivity contribution is 7.17. The van der Waals surface area contributed by atoms with Crippen LogP contribution in [0, 0.1) is 0 Å². The fraction of sp³-hybridized carbons (Fsp3) is 0.250. The van der Waals surface area contributed by atoms with Crippen LogP contribution in [-0.4, -0.2) is 27.8 Å². The Labute approximate surface area is 156 Å². The van der Waals surface area contributed by atoms with Crippen LogP contribution in [0.1, 0.15) is 36.7 Å². The minimum absolute atomic E-state index is 0.147. The molecule has 6 heteroatoms. The molecule has 0 unspecified atom stereocenters. The van der Waals surface area contributed by atoms with Crippen molar-refractivity contribution < 1.29 is 4.79 Å². The molecule has 3 rings (SSSR count). The molecule has 0 aliphatic rings. The molecule has 134 valence electrons. The summed E-state index contributed by atoms with van der Waals surface area (Å²) in [6, 6.07) is 9.96. The number of benzene rings is 1. The minimum atomic E-state index is -0.165. The van der Waals surface area contributed by atoms with Gasteiger partial charge in [0.05, 0.1) is 12.1 Å². The van der Waals surface area contributed by atoms with E-state index in [1.807, 2.05) is 17.5 Å². The number of nitrogens with one attached hydrogen (secondary N) is 1. The van der Waals surface area contributed by atoms with Gasteiger partial charge in [-0.15, -0.1) is 11.3 Å². The number of hydrogen-bond donors (Lipinski definition) is 1. The zero-order valence-corrected chi connectivity index (χ0v) is 15.8. The van der Waals surface area contributed by atoms with Gasteiger partial charge in [-0.2, -0.15) is 0 Å². The van der Waals surface area contributed by atoms with Crippen LogP contribution in [0.2, 0.25) is 0 Å². The highest BCUT2D eigenvalue weighted by Gasteiger charge is 2.10. The molecule has 0 atom stereocenters. The molecule has 0 radical (unpaired) electrons. The van der Waals surface area contributed by atoms with Crippen molar-refractivity contribution in [3.63, 3.8) is 0 Å². The SMILES string of the molecule is CC(C)c1ccc(/C=C/C(=O)N(C)Cc2nc3ccsc3c(=O)[nH]2)cc1. The zero-order chi connectivity index (χ0) is 18.7. The van der Waals surface area contributed by atoms with Crippen molar-refractivity contribution in [3.8, 4) is 0 Å². The molecular formula is C20H21N3O2S. The highest BCUT2D eigenvalue weighted by atomic mass is 32.1. The van der Waals surface area contributed by atoms with Gasteiger partial charge in [0.15, 0.2) is 0 Å². The first kappa shape index (κ1) is 18.1. The number of rotatable bonds is 5. The van der Waals surface area contributed by atoms with Gasteiger partial charge in [-0.25, -0.2) is 4.98 Å². The maximum absolute atomic E-state index is 12.3. The van der Waals surface area contributed by atoms with Crippen LogP contribution in [0.4, 0.5) is 0 Å². The van der Waals surface area contributed by atoms with Gasteiger partial charge < -0.3 is 9.88 Å². The van der Waals surface area contributed by atoms with E-state index >= 15 is 0 Å². The molecular weight excluding hydrogens is 346 g/mol. The molecule has 2 aromatic heterocycles. The predicted octanol–water partition coefficient (Wildman–Crippen LogP) is 3.78. The quantitative estimate of drug-likeness (QED) is 0.698. The van der Waals surface area contributed by atoms with Crippen LogP contribution >= 0.6 is 11.3 Å². The average Bonchev–Trinajstić information content (AvgIpc) is 3.09. The Morgan fingerprint density at radius 1 is 1.27 bits per heavy atom. The van der Waals surface area contributed by atoms with Crippen molar-refractivity contribution in [1.82, 2.24) is 14.9 Å². The summed E-state index contributed by atoms with van der Waals surface area (Å²) in [6.45, 7) is 4.54. The molecule has 3 aromatic rings.